The number of allylic oxidation sites excluding steroid dienone is 4. The molecule has 0 radical (unpaired) electrons. The minimum absolute atomic E-state index is 0.316. The molecule has 4 rings (SSSR count). The Bertz CT molecular complexity index is 974. The fourth-order valence-corrected chi connectivity index (χ4v) is 4.67. The highest BCUT2D eigenvalue weighted by atomic mass is 16.3. The number of fused-ring (bicyclic) bond motifs is 3. The summed E-state index contributed by atoms with van der Waals surface area (Å²) >= 11 is 0. The molecular formula is C24H26N2O. The van der Waals surface area contributed by atoms with Gasteiger partial charge in [0.1, 0.15) is 11.3 Å². The van der Waals surface area contributed by atoms with E-state index in [9.17, 15) is 5.11 Å². The third-order valence-corrected chi connectivity index (χ3v) is 5.82. The zero-order chi connectivity index (χ0) is 19.2. The van der Waals surface area contributed by atoms with Gasteiger partial charge in [-0.05, 0) is 68.2 Å². The van der Waals surface area contributed by atoms with Crippen molar-refractivity contribution in [2.45, 2.75) is 39.2 Å². The molecule has 0 fully saturated rings. The Kier molecular flexibility index (Phi) is 4.18. The number of phenolic OH excluding ortho intramolecular Hbond substituents is 1. The number of dihydropyridines is 1. The van der Waals surface area contributed by atoms with Crippen LogP contribution in [-0.4, -0.2) is 16.9 Å². The molecule has 2 aliphatic carbocycles. The average Bonchev–Trinajstić information content (AvgIpc) is 2.62. The van der Waals surface area contributed by atoms with Gasteiger partial charge in [0.05, 0.1) is 0 Å². The van der Waals surface area contributed by atoms with Crippen molar-refractivity contribution in [2.75, 3.05) is 0 Å². The molecule has 3 nitrogen and oxygen atoms in total. The van der Waals surface area contributed by atoms with Crippen LogP contribution in [0.15, 0.2) is 82.2 Å². The number of phenols is 1. The summed E-state index contributed by atoms with van der Waals surface area (Å²) in [5.41, 5.74) is 7.67. The molecule has 0 amide bonds. The molecule has 2 bridgehead atoms. The van der Waals surface area contributed by atoms with E-state index < -0.39 is 0 Å². The molecular weight excluding hydrogens is 332 g/mol. The number of benzene rings is 1. The third kappa shape index (κ3) is 2.87. The van der Waals surface area contributed by atoms with Crippen molar-refractivity contribution in [2.24, 2.45) is 10.9 Å². The molecule has 27 heavy (non-hydrogen) atoms. The summed E-state index contributed by atoms with van der Waals surface area (Å²) in [5.74, 6) is 0.685. The van der Waals surface area contributed by atoms with Crippen LogP contribution in [0, 0.1) is 12.8 Å². The van der Waals surface area contributed by atoms with E-state index in [0.717, 1.165) is 29.7 Å². The van der Waals surface area contributed by atoms with Gasteiger partial charge in [-0.1, -0.05) is 30.4 Å². The number of hydrogen-bond acceptors (Lipinski definition) is 3. The number of hydrogen-bond donors (Lipinski definition) is 2. The zero-order valence-corrected chi connectivity index (χ0v) is 16.2. The highest BCUT2D eigenvalue weighted by Gasteiger charge is 2.47. The van der Waals surface area contributed by atoms with Crippen LogP contribution in [0.3, 0.4) is 0 Å². The fraction of sp³-hybridized carbons (Fsp3) is 0.292. The third-order valence-electron chi connectivity index (χ3n) is 5.82. The normalized spacial score (nSPS) is 28.4. The molecule has 1 aromatic carbocycles. The van der Waals surface area contributed by atoms with E-state index in [-0.39, 0.29) is 5.54 Å². The van der Waals surface area contributed by atoms with Gasteiger partial charge in [-0.15, -0.1) is 0 Å². The molecule has 2 atom stereocenters. The number of aromatic hydroxyl groups is 1. The van der Waals surface area contributed by atoms with E-state index in [1.807, 2.05) is 31.3 Å². The van der Waals surface area contributed by atoms with Crippen LogP contribution in [0.25, 0.3) is 0 Å². The first-order valence-electron chi connectivity index (χ1n) is 9.49. The predicted molar refractivity (Wildman–Crippen MR) is 112 cm³/mol. The van der Waals surface area contributed by atoms with E-state index in [4.69, 9.17) is 4.99 Å². The summed E-state index contributed by atoms with van der Waals surface area (Å²) in [6.45, 7) is 10.3. The fourth-order valence-electron chi connectivity index (χ4n) is 4.67. The summed E-state index contributed by atoms with van der Waals surface area (Å²) in [6, 6.07) is 5.62. The van der Waals surface area contributed by atoms with Crippen LogP contribution < -0.4 is 5.32 Å². The quantitative estimate of drug-likeness (QED) is 0.570. The van der Waals surface area contributed by atoms with Crippen molar-refractivity contribution in [3.8, 4) is 5.75 Å². The van der Waals surface area contributed by atoms with E-state index in [1.165, 1.54) is 22.4 Å². The van der Waals surface area contributed by atoms with Crippen LogP contribution in [0.4, 0.5) is 0 Å². The highest BCUT2D eigenvalue weighted by Crippen LogP contribution is 2.52. The SMILES string of the molecule is C=C1C=CC2=C(CC3C=C(C)CC2(/N=C/c2ccc(O)c(C)c2)/C3=C/C)N1. The first-order valence-corrected chi connectivity index (χ1v) is 9.49. The van der Waals surface area contributed by atoms with Gasteiger partial charge in [-0.2, -0.15) is 0 Å². The lowest BCUT2D eigenvalue weighted by molar-refractivity contribution is 0.453. The Hall–Kier alpha value is -2.81. The van der Waals surface area contributed by atoms with Gasteiger partial charge in [-0.25, -0.2) is 0 Å². The molecule has 138 valence electrons. The molecule has 0 saturated heterocycles. The van der Waals surface area contributed by atoms with Crippen molar-refractivity contribution < 1.29 is 5.11 Å². The van der Waals surface area contributed by atoms with E-state index in [0.29, 0.717) is 11.7 Å². The second-order valence-corrected chi connectivity index (χ2v) is 7.78. The standard InChI is InChI=1S/C24H26N2O/c1-5-20-19-10-15(2)13-24(20,21-8-6-17(4)26-22(21)12-19)25-14-18-7-9-23(27)16(3)11-18/h5-11,14,19,26-27H,4,12-13H2,1-3H3/b20-5+,25-14+. The van der Waals surface area contributed by atoms with Crippen LogP contribution in [0.1, 0.15) is 37.8 Å². The first kappa shape index (κ1) is 17.6. The second-order valence-electron chi connectivity index (χ2n) is 7.78. The van der Waals surface area contributed by atoms with Gasteiger partial charge >= 0.3 is 0 Å². The smallest absolute Gasteiger partial charge is 0.118 e. The summed E-state index contributed by atoms with van der Waals surface area (Å²) in [7, 11) is 0. The molecule has 2 N–H and O–H groups in total. The van der Waals surface area contributed by atoms with Gasteiger partial charge < -0.3 is 10.4 Å². The summed E-state index contributed by atoms with van der Waals surface area (Å²) < 4.78 is 0. The monoisotopic (exact) mass is 358 g/mol. The second kappa shape index (κ2) is 6.41. The van der Waals surface area contributed by atoms with E-state index in [2.05, 4.69) is 44.0 Å². The van der Waals surface area contributed by atoms with Crippen LogP contribution >= 0.6 is 0 Å². The Morgan fingerprint density at radius 2 is 2.11 bits per heavy atom. The summed E-state index contributed by atoms with van der Waals surface area (Å²) in [4.78, 5) is 5.19. The summed E-state index contributed by atoms with van der Waals surface area (Å²) in [5, 5.41) is 13.3. The molecule has 3 heteroatoms. The zero-order valence-electron chi connectivity index (χ0n) is 16.2. The molecule has 3 aliphatic rings. The first-order chi connectivity index (χ1) is 12.9. The lowest BCUT2D eigenvalue weighted by Gasteiger charge is -2.47. The molecule has 1 aliphatic heterocycles. The molecule has 0 saturated carbocycles. The minimum Gasteiger partial charge on any atom is -0.508 e. The van der Waals surface area contributed by atoms with Gasteiger partial charge in [0, 0.05) is 35.5 Å². The van der Waals surface area contributed by atoms with Gasteiger partial charge in [0.2, 0.25) is 0 Å². The van der Waals surface area contributed by atoms with Crippen molar-refractivity contribution in [3.05, 3.63) is 88.3 Å². The van der Waals surface area contributed by atoms with Gasteiger partial charge in [0.25, 0.3) is 0 Å². The van der Waals surface area contributed by atoms with Crippen molar-refractivity contribution >= 4 is 6.21 Å². The van der Waals surface area contributed by atoms with Crippen molar-refractivity contribution in [1.29, 1.82) is 0 Å². The number of rotatable bonds is 2. The lowest BCUT2D eigenvalue weighted by atomic mass is 9.62. The Morgan fingerprint density at radius 1 is 1.30 bits per heavy atom. The van der Waals surface area contributed by atoms with Gasteiger partial charge in [0.15, 0.2) is 0 Å². The molecule has 1 heterocycles. The van der Waals surface area contributed by atoms with Gasteiger partial charge in [-0.3, -0.25) is 4.99 Å². The van der Waals surface area contributed by atoms with E-state index in [1.54, 1.807) is 6.07 Å². The minimum atomic E-state index is -0.373. The maximum atomic E-state index is 9.80. The number of aliphatic imine (C=N–C) groups is 1. The maximum Gasteiger partial charge on any atom is 0.118 e. The van der Waals surface area contributed by atoms with Crippen LogP contribution in [0.2, 0.25) is 0 Å². The van der Waals surface area contributed by atoms with Crippen LogP contribution in [-0.2, 0) is 0 Å². The molecule has 1 aromatic rings. The number of nitrogens with zero attached hydrogens (tertiary/aromatic N) is 1. The largest absolute Gasteiger partial charge is 0.508 e. The summed E-state index contributed by atoms with van der Waals surface area (Å²) in [6.07, 6.45) is 12.7. The molecule has 0 spiro atoms. The topological polar surface area (TPSA) is 44.6 Å². The average molecular weight is 358 g/mol. The molecule has 2 unspecified atom stereocenters. The maximum absolute atomic E-state index is 9.80. The Balaban J connectivity index is 1.86. The number of nitrogens with one attached hydrogen (secondary N) is 1. The lowest BCUT2D eigenvalue weighted by Crippen LogP contribution is -2.44. The molecule has 0 aromatic heterocycles. The predicted octanol–water partition coefficient (Wildman–Crippen LogP) is 5.10. The highest BCUT2D eigenvalue weighted by molar-refractivity contribution is 5.82. The van der Waals surface area contributed by atoms with Crippen LogP contribution in [0.5, 0.6) is 5.75 Å². The van der Waals surface area contributed by atoms with E-state index >= 15 is 0 Å². The number of aryl methyl sites for hydroxylation is 1. The Morgan fingerprint density at radius 3 is 2.85 bits per heavy atom. The van der Waals surface area contributed by atoms with Crippen molar-refractivity contribution in [1.82, 2.24) is 5.32 Å². The Labute approximate surface area is 161 Å². The van der Waals surface area contributed by atoms with Crippen molar-refractivity contribution in [3.63, 3.8) is 0 Å².